The molecule has 4 heteroatoms. The molecule has 0 spiro atoms. The van der Waals surface area contributed by atoms with Gasteiger partial charge in [-0.1, -0.05) is 30.3 Å². The highest BCUT2D eigenvalue weighted by atomic mass is 16.5. The number of benzene rings is 1. The number of ether oxygens (including phenoxy) is 2. The molecule has 0 saturated heterocycles. The third kappa shape index (κ3) is 3.23. The number of ketones is 1. The number of aromatic nitrogens is 1. The molecular weight excluding hydrogens is 254 g/mol. The molecule has 1 aromatic carbocycles. The van der Waals surface area contributed by atoms with Crippen LogP contribution in [0.4, 0.5) is 0 Å². The average molecular weight is 269 g/mol. The van der Waals surface area contributed by atoms with Crippen LogP contribution in [0.3, 0.4) is 0 Å². The van der Waals surface area contributed by atoms with Gasteiger partial charge in [-0.05, 0) is 12.2 Å². The van der Waals surface area contributed by atoms with Crippen molar-refractivity contribution < 1.29 is 14.3 Å². The van der Waals surface area contributed by atoms with E-state index in [9.17, 15) is 4.79 Å². The van der Waals surface area contributed by atoms with Gasteiger partial charge in [-0.3, -0.25) is 9.78 Å². The Balaban J connectivity index is 2.17. The molecule has 20 heavy (non-hydrogen) atoms. The molecule has 0 aliphatic rings. The van der Waals surface area contributed by atoms with E-state index in [2.05, 4.69) is 4.98 Å². The zero-order valence-electron chi connectivity index (χ0n) is 11.4. The highest BCUT2D eigenvalue weighted by Crippen LogP contribution is 2.26. The Labute approximate surface area is 117 Å². The monoisotopic (exact) mass is 269 g/mol. The van der Waals surface area contributed by atoms with E-state index >= 15 is 0 Å². The van der Waals surface area contributed by atoms with Crippen molar-refractivity contribution in [1.82, 2.24) is 4.98 Å². The van der Waals surface area contributed by atoms with Crippen molar-refractivity contribution in [2.75, 3.05) is 14.2 Å². The predicted octanol–water partition coefficient (Wildman–Crippen LogP) is 2.99. The first-order valence-electron chi connectivity index (χ1n) is 6.10. The Morgan fingerprint density at radius 3 is 2.45 bits per heavy atom. The second kappa shape index (κ2) is 6.52. The van der Waals surface area contributed by atoms with Crippen molar-refractivity contribution in [2.45, 2.75) is 0 Å². The normalized spacial score (nSPS) is 10.5. The Kier molecular flexibility index (Phi) is 4.50. The first kappa shape index (κ1) is 13.8. The Morgan fingerprint density at radius 2 is 1.80 bits per heavy atom. The van der Waals surface area contributed by atoms with E-state index in [-0.39, 0.29) is 5.78 Å². The zero-order valence-corrected chi connectivity index (χ0v) is 11.4. The average Bonchev–Trinajstić information content (AvgIpc) is 2.53. The highest BCUT2D eigenvalue weighted by Gasteiger charge is 2.05. The summed E-state index contributed by atoms with van der Waals surface area (Å²) in [6.07, 6.45) is 4.70. The summed E-state index contributed by atoms with van der Waals surface area (Å²) in [4.78, 5) is 16.1. The maximum Gasteiger partial charge on any atom is 0.185 e. The summed E-state index contributed by atoms with van der Waals surface area (Å²) in [6, 6.07) is 10.8. The van der Waals surface area contributed by atoms with Crippen LogP contribution in [0.2, 0.25) is 0 Å². The second-order valence-electron chi connectivity index (χ2n) is 4.03. The molecule has 1 heterocycles. The zero-order chi connectivity index (χ0) is 14.4. The minimum absolute atomic E-state index is 0.0674. The number of allylic oxidation sites excluding steroid dienone is 1. The van der Waals surface area contributed by atoms with E-state index in [1.54, 1.807) is 44.7 Å². The van der Waals surface area contributed by atoms with E-state index in [1.807, 2.05) is 18.2 Å². The first-order chi connectivity index (χ1) is 9.74. The van der Waals surface area contributed by atoms with Gasteiger partial charge in [0.2, 0.25) is 0 Å². The molecule has 0 N–H and O–H groups in total. The molecule has 0 unspecified atom stereocenters. The molecule has 0 amide bonds. The molecule has 4 nitrogen and oxygen atoms in total. The summed E-state index contributed by atoms with van der Waals surface area (Å²) >= 11 is 0. The molecule has 0 atom stereocenters. The van der Waals surface area contributed by atoms with Gasteiger partial charge in [0.1, 0.15) is 0 Å². The number of carbonyl (C=O) groups excluding carboxylic acids is 1. The van der Waals surface area contributed by atoms with Gasteiger partial charge in [0.05, 0.1) is 26.1 Å². The molecule has 102 valence electrons. The maximum absolute atomic E-state index is 11.9. The Bertz CT molecular complexity index is 621. The van der Waals surface area contributed by atoms with Gasteiger partial charge in [-0.2, -0.15) is 0 Å². The lowest BCUT2D eigenvalue weighted by Gasteiger charge is -2.06. The smallest absolute Gasteiger partial charge is 0.185 e. The molecule has 2 aromatic rings. The second-order valence-corrected chi connectivity index (χ2v) is 4.03. The molecular formula is C16H15NO3. The molecule has 0 saturated carbocycles. The van der Waals surface area contributed by atoms with Gasteiger partial charge in [0, 0.05) is 11.6 Å². The van der Waals surface area contributed by atoms with Crippen LogP contribution in [0, 0.1) is 0 Å². The van der Waals surface area contributed by atoms with E-state index < -0.39 is 0 Å². The van der Waals surface area contributed by atoms with Gasteiger partial charge in [0.15, 0.2) is 17.3 Å². The fourth-order valence-electron chi connectivity index (χ4n) is 1.70. The third-order valence-corrected chi connectivity index (χ3v) is 2.76. The largest absolute Gasteiger partial charge is 0.493 e. The highest BCUT2D eigenvalue weighted by molar-refractivity contribution is 6.06. The fraction of sp³-hybridized carbons (Fsp3) is 0.125. The first-order valence-corrected chi connectivity index (χ1v) is 6.10. The SMILES string of the molecule is COc1cnc(C=CC(=O)c2ccccc2)cc1OC. The van der Waals surface area contributed by atoms with Gasteiger partial charge in [-0.25, -0.2) is 0 Å². The van der Waals surface area contributed by atoms with Crippen LogP contribution in [0.15, 0.2) is 48.7 Å². The van der Waals surface area contributed by atoms with E-state index in [4.69, 9.17) is 9.47 Å². The van der Waals surface area contributed by atoms with Crippen molar-refractivity contribution in [3.63, 3.8) is 0 Å². The minimum Gasteiger partial charge on any atom is -0.493 e. The van der Waals surface area contributed by atoms with Crippen molar-refractivity contribution in [2.24, 2.45) is 0 Å². The lowest BCUT2D eigenvalue weighted by atomic mass is 10.1. The minimum atomic E-state index is -0.0674. The summed E-state index contributed by atoms with van der Waals surface area (Å²) in [5.74, 6) is 1.07. The molecule has 0 aliphatic carbocycles. The van der Waals surface area contributed by atoms with Crippen LogP contribution in [-0.2, 0) is 0 Å². The summed E-state index contributed by atoms with van der Waals surface area (Å²) < 4.78 is 10.3. The van der Waals surface area contributed by atoms with Crippen LogP contribution in [0.5, 0.6) is 11.5 Å². The van der Waals surface area contributed by atoms with Crippen LogP contribution in [0.1, 0.15) is 16.1 Å². The van der Waals surface area contributed by atoms with E-state index in [1.165, 1.54) is 6.08 Å². The van der Waals surface area contributed by atoms with Crippen LogP contribution < -0.4 is 9.47 Å². The molecule has 0 bridgehead atoms. The number of pyridine rings is 1. The van der Waals surface area contributed by atoms with Crippen LogP contribution in [-0.4, -0.2) is 25.0 Å². The molecule has 2 rings (SSSR count). The number of nitrogens with zero attached hydrogens (tertiary/aromatic N) is 1. The topological polar surface area (TPSA) is 48.4 Å². The third-order valence-electron chi connectivity index (χ3n) is 2.76. The lowest BCUT2D eigenvalue weighted by Crippen LogP contribution is -1.95. The molecule has 0 radical (unpaired) electrons. The Morgan fingerprint density at radius 1 is 1.10 bits per heavy atom. The number of hydrogen-bond acceptors (Lipinski definition) is 4. The summed E-state index contributed by atoms with van der Waals surface area (Å²) in [5.41, 5.74) is 1.27. The molecule has 0 aliphatic heterocycles. The number of rotatable bonds is 5. The fourth-order valence-corrected chi connectivity index (χ4v) is 1.70. The Hall–Kier alpha value is -2.62. The number of carbonyl (C=O) groups is 1. The standard InChI is InChI=1S/C16H15NO3/c1-19-15-10-13(17-11-16(15)20-2)8-9-14(18)12-6-4-3-5-7-12/h3-11H,1-2H3. The van der Waals surface area contributed by atoms with E-state index in [0.717, 1.165) is 0 Å². The lowest BCUT2D eigenvalue weighted by molar-refractivity contribution is 0.104. The van der Waals surface area contributed by atoms with Crippen LogP contribution in [0.25, 0.3) is 6.08 Å². The molecule has 0 fully saturated rings. The summed E-state index contributed by atoms with van der Waals surface area (Å²) in [6.45, 7) is 0. The summed E-state index contributed by atoms with van der Waals surface area (Å²) in [7, 11) is 3.11. The van der Waals surface area contributed by atoms with Crippen molar-refractivity contribution >= 4 is 11.9 Å². The number of methoxy groups -OCH3 is 2. The van der Waals surface area contributed by atoms with Gasteiger partial charge in [-0.15, -0.1) is 0 Å². The summed E-state index contributed by atoms with van der Waals surface area (Å²) in [5, 5.41) is 0. The van der Waals surface area contributed by atoms with Gasteiger partial charge in [0.25, 0.3) is 0 Å². The van der Waals surface area contributed by atoms with Crippen molar-refractivity contribution in [3.8, 4) is 11.5 Å². The van der Waals surface area contributed by atoms with Gasteiger partial charge >= 0.3 is 0 Å². The van der Waals surface area contributed by atoms with Gasteiger partial charge < -0.3 is 9.47 Å². The maximum atomic E-state index is 11.9. The quantitative estimate of drug-likeness (QED) is 0.618. The number of hydrogen-bond donors (Lipinski definition) is 0. The van der Waals surface area contributed by atoms with Crippen molar-refractivity contribution in [1.29, 1.82) is 0 Å². The predicted molar refractivity (Wildman–Crippen MR) is 77.1 cm³/mol. The van der Waals surface area contributed by atoms with Crippen molar-refractivity contribution in [3.05, 3.63) is 59.9 Å². The van der Waals surface area contributed by atoms with Crippen LogP contribution >= 0.6 is 0 Å². The molecule has 1 aromatic heterocycles. The van der Waals surface area contributed by atoms with E-state index in [0.29, 0.717) is 22.8 Å².